The summed E-state index contributed by atoms with van der Waals surface area (Å²) < 4.78 is 16.9. The van der Waals surface area contributed by atoms with Crippen molar-refractivity contribution in [1.82, 2.24) is 0 Å². The molecule has 1 saturated heterocycles. The number of carbonyl (C=O) groups is 1. The van der Waals surface area contributed by atoms with Gasteiger partial charge in [0.2, 0.25) is 0 Å². The highest BCUT2D eigenvalue weighted by atomic mass is 28.4. The predicted molar refractivity (Wildman–Crippen MR) is 88.4 cm³/mol. The van der Waals surface area contributed by atoms with Crippen molar-refractivity contribution in [1.29, 1.82) is 0 Å². The summed E-state index contributed by atoms with van der Waals surface area (Å²) in [6.07, 6.45) is 0.179. The van der Waals surface area contributed by atoms with E-state index in [1.807, 2.05) is 18.2 Å². The normalized spacial score (nSPS) is 18.2. The first-order valence-electron chi connectivity index (χ1n) is 7.67. The Labute approximate surface area is 133 Å². The second kappa shape index (κ2) is 6.14. The lowest BCUT2D eigenvalue weighted by Crippen LogP contribution is -2.40. The molecule has 1 aliphatic heterocycles. The molecule has 1 atom stereocenters. The van der Waals surface area contributed by atoms with Gasteiger partial charge in [0.05, 0.1) is 13.2 Å². The van der Waals surface area contributed by atoms with Crippen LogP contribution in [0.15, 0.2) is 18.2 Å². The van der Waals surface area contributed by atoms with Gasteiger partial charge in [-0.25, -0.2) is 0 Å². The van der Waals surface area contributed by atoms with Crippen LogP contribution < -0.4 is 4.74 Å². The lowest BCUT2D eigenvalue weighted by Gasteiger charge is -2.36. The van der Waals surface area contributed by atoms with E-state index in [0.29, 0.717) is 12.4 Å². The van der Waals surface area contributed by atoms with Gasteiger partial charge in [0, 0.05) is 12.5 Å². The number of hydrogen-bond acceptors (Lipinski definition) is 4. The van der Waals surface area contributed by atoms with Crippen LogP contribution in [0.25, 0.3) is 0 Å². The molecule has 0 N–H and O–H groups in total. The molecule has 0 aliphatic carbocycles. The molecular weight excluding hydrogens is 296 g/mol. The Balaban J connectivity index is 2.19. The quantitative estimate of drug-likeness (QED) is 0.353. The zero-order chi connectivity index (χ0) is 16.5. The van der Waals surface area contributed by atoms with Crippen molar-refractivity contribution >= 4 is 14.3 Å². The molecule has 5 heteroatoms. The van der Waals surface area contributed by atoms with Gasteiger partial charge in [-0.15, -0.1) is 0 Å². The highest BCUT2D eigenvalue weighted by molar-refractivity contribution is 6.74. The molecule has 1 heterocycles. The molecule has 1 aromatic rings. The van der Waals surface area contributed by atoms with Crippen LogP contribution in [0.5, 0.6) is 5.75 Å². The molecule has 0 aromatic heterocycles. The molecule has 1 aromatic carbocycles. The van der Waals surface area contributed by atoms with Gasteiger partial charge in [-0.2, -0.15) is 0 Å². The van der Waals surface area contributed by atoms with E-state index in [0.717, 1.165) is 17.7 Å². The van der Waals surface area contributed by atoms with E-state index in [1.165, 1.54) is 6.92 Å². The van der Waals surface area contributed by atoms with Crippen molar-refractivity contribution in [2.75, 3.05) is 6.61 Å². The molecule has 0 spiro atoms. The number of epoxide rings is 1. The Kier molecular flexibility index (Phi) is 4.80. The van der Waals surface area contributed by atoms with E-state index in [-0.39, 0.29) is 17.1 Å². The van der Waals surface area contributed by atoms with E-state index >= 15 is 0 Å². The molecule has 1 fully saturated rings. The van der Waals surface area contributed by atoms with Crippen molar-refractivity contribution in [3.8, 4) is 5.75 Å². The summed E-state index contributed by atoms with van der Waals surface area (Å²) in [7, 11) is -1.85. The van der Waals surface area contributed by atoms with Gasteiger partial charge in [0.25, 0.3) is 0 Å². The molecular formula is C17H26O4Si. The average Bonchev–Trinajstić information content (AvgIpc) is 3.20. The molecule has 0 amide bonds. The van der Waals surface area contributed by atoms with E-state index in [1.54, 1.807) is 0 Å². The zero-order valence-corrected chi connectivity index (χ0v) is 15.4. The Bertz CT molecular complexity index is 556. The minimum Gasteiger partial charge on any atom is -0.426 e. The fraction of sp³-hybridized carbons (Fsp3) is 0.588. The molecule has 4 nitrogen and oxygen atoms in total. The third kappa shape index (κ3) is 4.18. The number of esters is 1. The van der Waals surface area contributed by atoms with Gasteiger partial charge in [0.1, 0.15) is 11.9 Å². The maximum absolute atomic E-state index is 11.3. The smallest absolute Gasteiger partial charge is 0.308 e. The topological polar surface area (TPSA) is 48.1 Å². The zero-order valence-electron chi connectivity index (χ0n) is 14.4. The van der Waals surface area contributed by atoms with E-state index in [2.05, 4.69) is 33.9 Å². The molecule has 122 valence electrons. The minimum atomic E-state index is -1.85. The van der Waals surface area contributed by atoms with Crippen LogP contribution in [0.1, 0.15) is 44.9 Å². The lowest BCUT2D eigenvalue weighted by atomic mass is 10.1. The summed E-state index contributed by atoms with van der Waals surface area (Å²) in [6, 6.07) is 5.82. The Morgan fingerprint density at radius 2 is 2.00 bits per heavy atom. The summed E-state index contributed by atoms with van der Waals surface area (Å²) in [4.78, 5) is 11.3. The molecule has 0 saturated carbocycles. The van der Waals surface area contributed by atoms with Crippen LogP contribution in [-0.4, -0.2) is 20.9 Å². The Morgan fingerprint density at radius 1 is 1.36 bits per heavy atom. The van der Waals surface area contributed by atoms with E-state index in [4.69, 9.17) is 13.9 Å². The standard InChI is InChI=1S/C17H26O4Si/c1-12(18)21-15-8-7-13(16-11-19-16)9-14(15)10-20-22(5,6)17(2,3)4/h7-9,16H,10-11H2,1-6H3. The van der Waals surface area contributed by atoms with Crippen molar-refractivity contribution in [2.45, 2.75) is 58.5 Å². The molecule has 1 unspecified atom stereocenters. The van der Waals surface area contributed by atoms with Crippen molar-refractivity contribution in [3.63, 3.8) is 0 Å². The monoisotopic (exact) mass is 322 g/mol. The first-order valence-corrected chi connectivity index (χ1v) is 10.6. The van der Waals surface area contributed by atoms with E-state index in [9.17, 15) is 4.79 Å². The van der Waals surface area contributed by atoms with Crippen LogP contribution in [-0.2, 0) is 20.6 Å². The lowest BCUT2D eigenvalue weighted by molar-refractivity contribution is -0.131. The molecule has 22 heavy (non-hydrogen) atoms. The first-order chi connectivity index (χ1) is 10.1. The van der Waals surface area contributed by atoms with Gasteiger partial charge in [-0.05, 0) is 35.8 Å². The third-order valence-electron chi connectivity index (χ3n) is 4.44. The Hall–Kier alpha value is -1.17. The van der Waals surface area contributed by atoms with Crippen LogP contribution >= 0.6 is 0 Å². The van der Waals surface area contributed by atoms with Gasteiger partial charge in [-0.1, -0.05) is 26.8 Å². The summed E-state index contributed by atoms with van der Waals surface area (Å²) >= 11 is 0. The second-order valence-corrected chi connectivity index (χ2v) is 12.1. The molecule has 0 radical (unpaired) electrons. The highest BCUT2D eigenvalue weighted by Gasteiger charge is 2.37. The maximum Gasteiger partial charge on any atom is 0.308 e. The highest BCUT2D eigenvalue weighted by Crippen LogP contribution is 2.38. The van der Waals surface area contributed by atoms with Crippen LogP contribution in [0.4, 0.5) is 0 Å². The molecule has 1 aliphatic rings. The number of rotatable bonds is 5. The van der Waals surface area contributed by atoms with Gasteiger partial charge in [0.15, 0.2) is 8.32 Å². The number of carbonyl (C=O) groups excluding carboxylic acids is 1. The fourth-order valence-corrected chi connectivity index (χ4v) is 2.83. The molecule has 0 bridgehead atoms. The van der Waals surface area contributed by atoms with Crippen molar-refractivity contribution < 1.29 is 18.7 Å². The van der Waals surface area contributed by atoms with Gasteiger partial charge in [-0.3, -0.25) is 4.79 Å². The summed E-state index contributed by atoms with van der Waals surface area (Å²) in [5.41, 5.74) is 2.03. The Morgan fingerprint density at radius 3 is 2.50 bits per heavy atom. The summed E-state index contributed by atoms with van der Waals surface area (Å²) in [6.45, 7) is 13.7. The maximum atomic E-state index is 11.3. The van der Waals surface area contributed by atoms with E-state index < -0.39 is 8.32 Å². The number of benzene rings is 1. The first kappa shape index (κ1) is 17.2. The molecule has 2 rings (SSSR count). The minimum absolute atomic E-state index is 0.145. The predicted octanol–water partition coefficient (Wildman–Crippen LogP) is 4.21. The number of hydrogen-bond donors (Lipinski definition) is 0. The summed E-state index contributed by atoms with van der Waals surface area (Å²) in [5.74, 6) is 0.264. The average molecular weight is 322 g/mol. The largest absolute Gasteiger partial charge is 0.426 e. The summed E-state index contributed by atoms with van der Waals surface area (Å²) in [5, 5.41) is 0.145. The fourth-order valence-electron chi connectivity index (χ4n) is 1.88. The third-order valence-corrected chi connectivity index (χ3v) is 8.92. The van der Waals surface area contributed by atoms with Gasteiger partial charge >= 0.3 is 5.97 Å². The van der Waals surface area contributed by atoms with Crippen molar-refractivity contribution in [2.24, 2.45) is 0 Å². The van der Waals surface area contributed by atoms with Crippen molar-refractivity contribution in [3.05, 3.63) is 29.3 Å². The van der Waals surface area contributed by atoms with Gasteiger partial charge < -0.3 is 13.9 Å². The SMILES string of the molecule is CC(=O)Oc1ccc(C2CO2)cc1CO[Si](C)(C)C(C)(C)C. The van der Waals surface area contributed by atoms with Crippen LogP contribution in [0.2, 0.25) is 18.1 Å². The van der Waals surface area contributed by atoms with Crippen LogP contribution in [0, 0.1) is 0 Å². The number of ether oxygens (including phenoxy) is 2. The second-order valence-electron chi connectivity index (χ2n) is 7.33. The van der Waals surface area contributed by atoms with Crippen LogP contribution in [0.3, 0.4) is 0 Å².